The van der Waals surface area contributed by atoms with Crippen LogP contribution in [0.3, 0.4) is 0 Å². The first-order chi connectivity index (χ1) is 12.7. The van der Waals surface area contributed by atoms with Gasteiger partial charge in [0.1, 0.15) is 0 Å². The number of likely N-dealkylation sites (tertiary alicyclic amines) is 1. The number of hydrogen-bond donors (Lipinski definition) is 1. The van der Waals surface area contributed by atoms with E-state index < -0.39 is 0 Å². The number of carbonyl (C=O) groups is 1. The van der Waals surface area contributed by atoms with Crippen molar-refractivity contribution in [3.63, 3.8) is 0 Å². The third kappa shape index (κ3) is 2.96. The lowest BCUT2D eigenvalue weighted by molar-refractivity contribution is 0.0679. The van der Waals surface area contributed by atoms with E-state index in [0.717, 1.165) is 23.8 Å². The van der Waals surface area contributed by atoms with Gasteiger partial charge in [0.05, 0.1) is 34.4 Å². The molecule has 0 saturated carbocycles. The fraction of sp³-hybridized carbons (Fsp3) is 0.238. The minimum Gasteiger partial charge on any atom is -0.394 e. The Morgan fingerprint density at radius 3 is 2.77 bits per heavy atom. The average Bonchev–Trinajstić information content (AvgIpc) is 3.16. The van der Waals surface area contributed by atoms with Gasteiger partial charge in [0, 0.05) is 17.5 Å². The highest BCUT2D eigenvalue weighted by Gasteiger charge is 2.30. The number of benzene rings is 2. The number of halogens is 1. The molecule has 0 spiro atoms. The van der Waals surface area contributed by atoms with E-state index in [1.54, 1.807) is 11.0 Å². The van der Waals surface area contributed by atoms with Crippen LogP contribution in [-0.4, -0.2) is 40.1 Å². The molecule has 1 fully saturated rings. The normalized spacial score (nSPS) is 17.0. The molecule has 2 heterocycles. The first-order valence-corrected chi connectivity index (χ1v) is 9.13. The van der Waals surface area contributed by atoms with Crippen molar-refractivity contribution in [2.45, 2.75) is 18.9 Å². The quantitative estimate of drug-likeness (QED) is 0.757. The molecule has 1 aliphatic heterocycles. The Hall–Kier alpha value is -2.43. The van der Waals surface area contributed by atoms with Crippen LogP contribution in [0.1, 0.15) is 23.2 Å². The van der Waals surface area contributed by atoms with Gasteiger partial charge >= 0.3 is 0 Å². The largest absolute Gasteiger partial charge is 0.394 e. The molecule has 1 N–H and O–H groups in total. The number of aliphatic hydroxyl groups is 1. The fourth-order valence-corrected chi connectivity index (χ4v) is 3.81. The summed E-state index contributed by atoms with van der Waals surface area (Å²) in [6, 6.07) is 17.0. The van der Waals surface area contributed by atoms with Gasteiger partial charge in [-0.05, 0) is 25.0 Å². The predicted molar refractivity (Wildman–Crippen MR) is 103 cm³/mol. The maximum atomic E-state index is 13.3. The molecule has 0 bridgehead atoms. The van der Waals surface area contributed by atoms with Gasteiger partial charge in [-0.25, -0.2) is 4.98 Å². The Labute approximate surface area is 157 Å². The first-order valence-electron chi connectivity index (χ1n) is 8.75. The highest BCUT2D eigenvalue weighted by atomic mass is 35.5. The highest BCUT2D eigenvalue weighted by Crippen LogP contribution is 2.31. The van der Waals surface area contributed by atoms with Crippen LogP contribution in [0.2, 0.25) is 5.02 Å². The molecule has 1 saturated heterocycles. The summed E-state index contributed by atoms with van der Waals surface area (Å²) >= 11 is 6.38. The molecule has 4 nitrogen and oxygen atoms in total. The van der Waals surface area contributed by atoms with Crippen LogP contribution < -0.4 is 0 Å². The van der Waals surface area contributed by atoms with Crippen molar-refractivity contribution in [2.75, 3.05) is 13.2 Å². The summed E-state index contributed by atoms with van der Waals surface area (Å²) in [6.45, 7) is 0.649. The van der Waals surface area contributed by atoms with Crippen LogP contribution in [0.25, 0.3) is 22.2 Å². The molecule has 1 aromatic heterocycles. The minimum atomic E-state index is -0.120. The highest BCUT2D eigenvalue weighted by molar-refractivity contribution is 6.35. The van der Waals surface area contributed by atoms with Crippen LogP contribution in [0.4, 0.5) is 0 Å². The van der Waals surface area contributed by atoms with Crippen molar-refractivity contribution in [3.05, 3.63) is 65.2 Å². The molecule has 1 atom stereocenters. The smallest absolute Gasteiger partial charge is 0.254 e. The van der Waals surface area contributed by atoms with E-state index in [9.17, 15) is 9.90 Å². The van der Waals surface area contributed by atoms with Gasteiger partial charge in [0.25, 0.3) is 5.91 Å². The lowest BCUT2D eigenvalue weighted by Gasteiger charge is -2.24. The second kappa shape index (κ2) is 7.06. The summed E-state index contributed by atoms with van der Waals surface area (Å²) in [5, 5.41) is 10.9. The SMILES string of the molecule is O=C(c1cc(-c2ccccc2)nc2c(Cl)cccc12)N1CCCC1CO. The Bertz CT molecular complexity index is 959. The molecule has 2 aromatic carbocycles. The van der Waals surface area contributed by atoms with Gasteiger partial charge in [-0.15, -0.1) is 0 Å². The Balaban J connectivity index is 1.90. The second-order valence-corrected chi connectivity index (χ2v) is 6.94. The summed E-state index contributed by atoms with van der Waals surface area (Å²) in [4.78, 5) is 19.7. The zero-order valence-corrected chi connectivity index (χ0v) is 15.0. The summed E-state index contributed by atoms with van der Waals surface area (Å²) in [5.41, 5.74) is 2.85. The van der Waals surface area contributed by atoms with Crippen LogP contribution in [-0.2, 0) is 0 Å². The van der Waals surface area contributed by atoms with Crippen molar-refractivity contribution >= 4 is 28.4 Å². The van der Waals surface area contributed by atoms with E-state index >= 15 is 0 Å². The van der Waals surface area contributed by atoms with Gasteiger partial charge in [-0.2, -0.15) is 0 Å². The molecule has 5 heteroatoms. The third-order valence-electron chi connectivity index (χ3n) is 4.94. The fourth-order valence-electron chi connectivity index (χ4n) is 3.59. The van der Waals surface area contributed by atoms with Gasteiger partial charge in [-0.3, -0.25) is 4.79 Å². The summed E-state index contributed by atoms with van der Waals surface area (Å²) in [6.07, 6.45) is 1.74. The number of hydrogen-bond acceptors (Lipinski definition) is 3. The zero-order chi connectivity index (χ0) is 18.1. The number of aliphatic hydroxyl groups excluding tert-OH is 1. The molecule has 1 aliphatic rings. The van der Waals surface area contributed by atoms with Gasteiger partial charge in [0.2, 0.25) is 0 Å². The minimum absolute atomic E-state index is 0.0128. The van der Waals surface area contributed by atoms with Crippen molar-refractivity contribution in [1.29, 1.82) is 0 Å². The van der Waals surface area contributed by atoms with Crippen LogP contribution in [0, 0.1) is 0 Å². The number of nitrogens with zero attached hydrogens (tertiary/aromatic N) is 2. The van der Waals surface area contributed by atoms with E-state index in [2.05, 4.69) is 0 Å². The van der Waals surface area contributed by atoms with Crippen molar-refractivity contribution in [1.82, 2.24) is 9.88 Å². The number of fused-ring (bicyclic) bond motifs is 1. The van der Waals surface area contributed by atoms with Crippen molar-refractivity contribution in [2.24, 2.45) is 0 Å². The molecule has 132 valence electrons. The number of rotatable bonds is 3. The molecule has 1 unspecified atom stereocenters. The Kier molecular flexibility index (Phi) is 4.62. The summed E-state index contributed by atoms with van der Waals surface area (Å²) < 4.78 is 0. The van der Waals surface area contributed by atoms with E-state index in [4.69, 9.17) is 16.6 Å². The number of carbonyl (C=O) groups excluding carboxylic acids is 1. The molecular formula is C21H19ClN2O2. The summed E-state index contributed by atoms with van der Waals surface area (Å²) in [7, 11) is 0. The van der Waals surface area contributed by atoms with Crippen LogP contribution in [0.15, 0.2) is 54.6 Å². The molecule has 4 rings (SSSR count). The lowest BCUT2D eigenvalue weighted by atomic mass is 10.0. The van der Waals surface area contributed by atoms with E-state index in [1.165, 1.54) is 0 Å². The van der Waals surface area contributed by atoms with Crippen molar-refractivity contribution in [3.8, 4) is 11.3 Å². The molecule has 0 radical (unpaired) electrons. The lowest BCUT2D eigenvalue weighted by Crippen LogP contribution is -2.37. The Morgan fingerprint density at radius 2 is 2.00 bits per heavy atom. The average molecular weight is 367 g/mol. The standard InChI is InChI=1S/C21H19ClN2O2/c22-18-10-4-9-16-17(21(26)24-11-5-8-15(24)13-25)12-19(23-20(16)18)14-6-2-1-3-7-14/h1-4,6-7,9-10,12,15,25H,5,8,11,13H2. The van der Waals surface area contributed by atoms with E-state index in [-0.39, 0.29) is 18.6 Å². The van der Waals surface area contributed by atoms with Gasteiger partial charge in [-0.1, -0.05) is 54.1 Å². The third-order valence-corrected chi connectivity index (χ3v) is 5.24. The number of pyridine rings is 1. The van der Waals surface area contributed by atoms with E-state index in [1.807, 2.05) is 48.5 Å². The molecule has 3 aromatic rings. The zero-order valence-electron chi connectivity index (χ0n) is 14.2. The van der Waals surface area contributed by atoms with Crippen molar-refractivity contribution < 1.29 is 9.90 Å². The van der Waals surface area contributed by atoms with Gasteiger partial charge < -0.3 is 10.0 Å². The molecule has 0 aliphatic carbocycles. The topological polar surface area (TPSA) is 53.4 Å². The maximum absolute atomic E-state index is 13.3. The predicted octanol–water partition coefficient (Wildman–Crippen LogP) is 4.15. The molecule has 26 heavy (non-hydrogen) atoms. The van der Waals surface area contributed by atoms with Gasteiger partial charge in [0.15, 0.2) is 0 Å². The monoisotopic (exact) mass is 366 g/mol. The summed E-state index contributed by atoms with van der Waals surface area (Å²) in [5.74, 6) is -0.0756. The molecule has 1 amide bonds. The number of aromatic nitrogens is 1. The number of para-hydroxylation sites is 1. The maximum Gasteiger partial charge on any atom is 0.254 e. The van der Waals surface area contributed by atoms with Crippen LogP contribution in [0.5, 0.6) is 0 Å². The number of amides is 1. The van der Waals surface area contributed by atoms with Crippen LogP contribution >= 0.6 is 11.6 Å². The Morgan fingerprint density at radius 1 is 1.19 bits per heavy atom. The van der Waals surface area contributed by atoms with E-state index in [0.29, 0.717) is 28.3 Å². The second-order valence-electron chi connectivity index (χ2n) is 6.53. The molecular weight excluding hydrogens is 348 g/mol. The first kappa shape index (κ1) is 17.0.